The van der Waals surface area contributed by atoms with Crippen LogP contribution in [0.5, 0.6) is 0 Å². The first-order chi connectivity index (χ1) is 24.5. The second kappa shape index (κ2) is 37.9. The number of allylic oxidation sites excluding steroid dienone is 17. The third-order valence-corrected chi connectivity index (χ3v) is 7.42. The average Bonchev–Trinajstić information content (AvgIpc) is 3.10. The van der Waals surface area contributed by atoms with Crippen molar-refractivity contribution < 1.29 is 24.2 Å². The van der Waals surface area contributed by atoms with Gasteiger partial charge in [0.25, 0.3) is 0 Å². The highest BCUT2D eigenvalue weighted by atomic mass is 16.5. The molecule has 0 aromatic carbocycles. The molecule has 50 heavy (non-hydrogen) atoms. The lowest BCUT2D eigenvalue weighted by atomic mass is 10.1. The summed E-state index contributed by atoms with van der Waals surface area (Å²) in [6.45, 7) is 3.95. The van der Waals surface area contributed by atoms with Gasteiger partial charge in [-0.05, 0) is 96.0 Å². The second-order valence-electron chi connectivity index (χ2n) is 12.1. The molecule has 0 radical (unpaired) electrons. The van der Waals surface area contributed by atoms with E-state index in [1.165, 1.54) is 0 Å². The first kappa shape index (κ1) is 46.1. The Hall–Kier alpha value is -3.93. The van der Waals surface area contributed by atoms with Gasteiger partial charge in [0.15, 0.2) is 0 Å². The topological polar surface area (TPSA) is 92.7 Å². The van der Waals surface area contributed by atoms with Crippen LogP contribution in [0.15, 0.2) is 109 Å². The number of carbonyl (C=O) groups is 3. The fourth-order valence-electron chi connectivity index (χ4n) is 4.69. The molecule has 6 nitrogen and oxygen atoms in total. The van der Waals surface area contributed by atoms with Crippen molar-refractivity contribution >= 4 is 17.8 Å². The van der Waals surface area contributed by atoms with Crippen LogP contribution in [0, 0.1) is 0 Å². The Morgan fingerprint density at radius 2 is 0.980 bits per heavy atom. The molecule has 1 unspecified atom stereocenters. The number of carbonyl (C=O) groups excluding carboxylic acids is 2. The van der Waals surface area contributed by atoms with Gasteiger partial charge in [0.1, 0.15) is 12.6 Å². The predicted octanol–water partition coefficient (Wildman–Crippen LogP) is 11.6. The van der Waals surface area contributed by atoms with Gasteiger partial charge in [0.2, 0.25) is 5.91 Å². The molecule has 0 saturated carbocycles. The summed E-state index contributed by atoms with van der Waals surface area (Å²) in [7, 11) is 0. The zero-order chi connectivity index (χ0) is 36.6. The summed E-state index contributed by atoms with van der Waals surface area (Å²) in [5.74, 6) is -1.41. The van der Waals surface area contributed by atoms with E-state index in [0.717, 1.165) is 109 Å². The lowest BCUT2D eigenvalue weighted by Gasteiger charge is -2.14. The van der Waals surface area contributed by atoms with Crippen LogP contribution >= 0.6 is 0 Å². The largest absolute Gasteiger partial charge is 0.480 e. The first-order valence-corrected chi connectivity index (χ1v) is 19.0. The monoisotopic (exact) mass is 690 g/mol. The number of nitrogens with one attached hydrogen (secondary N) is 1. The number of hydrogen-bond donors (Lipinski definition) is 2. The van der Waals surface area contributed by atoms with Gasteiger partial charge in [-0.1, -0.05) is 136 Å². The standard InChI is InChI=1S/C44H67NO5/c1-3-5-7-9-11-13-15-16-17-18-19-20-22-24-26-31-35-39-44(49)50-41(36-32-28-25-23-21-14-12-10-8-6-4-2)37-33-29-27-30-34-38-42(46)45-40-43(47)48/h5-8,11-14,16-17,19-20,23-26,32,36,41H,3-4,9-10,15,18,21-22,27-31,33-35,37-40H2,1-2H3,(H,45,46)(H,47,48)/b7-5-,8-6-,13-11-,14-12-,17-16-,20-19-,25-23-,26-24-,36-32-. The maximum Gasteiger partial charge on any atom is 0.322 e. The van der Waals surface area contributed by atoms with E-state index in [0.29, 0.717) is 12.8 Å². The van der Waals surface area contributed by atoms with Crippen LogP contribution in [-0.2, 0) is 19.1 Å². The lowest BCUT2D eigenvalue weighted by molar-refractivity contribution is -0.147. The number of unbranched alkanes of at least 4 members (excludes halogenated alkanes) is 5. The van der Waals surface area contributed by atoms with Crippen LogP contribution in [0.2, 0.25) is 0 Å². The minimum absolute atomic E-state index is 0.155. The molecule has 0 aromatic heterocycles. The average molecular weight is 690 g/mol. The highest BCUT2D eigenvalue weighted by molar-refractivity contribution is 5.80. The molecule has 0 rings (SSSR count). The number of ether oxygens (including phenoxy) is 1. The van der Waals surface area contributed by atoms with Crippen molar-refractivity contribution in [1.29, 1.82) is 0 Å². The van der Waals surface area contributed by atoms with E-state index in [4.69, 9.17) is 9.84 Å². The number of esters is 1. The number of carboxylic acids is 1. The van der Waals surface area contributed by atoms with Crippen LogP contribution in [0.1, 0.15) is 136 Å². The molecule has 0 aliphatic rings. The number of aliphatic carboxylic acids is 1. The molecule has 6 heteroatoms. The summed E-state index contributed by atoms with van der Waals surface area (Å²) in [5, 5.41) is 11.0. The number of rotatable bonds is 32. The summed E-state index contributed by atoms with van der Waals surface area (Å²) in [5.41, 5.74) is 0. The highest BCUT2D eigenvalue weighted by Gasteiger charge is 2.11. The Balaban J connectivity index is 4.46. The minimum Gasteiger partial charge on any atom is -0.480 e. The fourth-order valence-corrected chi connectivity index (χ4v) is 4.69. The molecule has 1 amide bonds. The summed E-state index contributed by atoms with van der Waals surface area (Å²) in [6.07, 6.45) is 55.0. The zero-order valence-electron chi connectivity index (χ0n) is 31.2. The van der Waals surface area contributed by atoms with Gasteiger partial charge in [-0.2, -0.15) is 0 Å². The Morgan fingerprint density at radius 1 is 0.540 bits per heavy atom. The van der Waals surface area contributed by atoms with E-state index in [9.17, 15) is 14.4 Å². The van der Waals surface area contributed by atoms with Crippen LogP contribution in [0.25, 0.3) is 0 Å². The predicted molar refractivity (Wildman–Crippen MR) is 212 cm³/mol. The normalized spacial score (nSPS) is 13.3. The molecule has 0 spiro atoms. The van der Waals surface area contributed by atoms with Crippen LogP contribution in [0.4, 0.5) is 0 Å². The van der Waals surface area contributed by atoms with E-state index in [-0.39, 0.29) is 24.5 Å². The quantitative estimate of drug-likeness (QED) is 0.0416. The smallest absolute Gasteiger partial charge is 0.322 e. The van der Waals surface area contributed by atoms with Gasteiger partial charge in [-0.25, -0.2) is 0 Å². The van der Waals surface area contributed by atoms with E-state index < -0.39 is 5.97 Å². The first-order valence-electron chi connectivity index (χ1n) is 19.0. The molecule has 2 N–H and O–H groups in total. The Morgan fingerprint density at radius 3 is 1.48 bits per heavy atom. The molecule has 0 bridgehead atoms. The summed E-state index contributed by atoms with van der Waals surface area (Å²) in [4.78, 5) is 34.9. The van der Waals surface area contributed by atoms with Gasteiger partial charge in [0, 0.05) is 12.8 Å². The second-order valence-corrected chi connectivity index (χ2v) is 12.1. The number of amides is 1. The van der Waals surface area contributed by atoms with Crippen LogP contribution in [0.3, 0.4) is 0 Å². The Bertz CT molecular complexity index is 1120. The minimum atomic E-state index is -1.04. The molecule has 0 heterocycles. The van der Waals surface area contributed by atoms with Crippen molar-refractivity contribution in [1.82, 2.24) is 5.32 Å². The summed E-state index contributed by atoms with van der Waals surface area (Å²) in [6, 6.07) is 0. The summed E-state index contributed by atoms with van der Waals surface area (Å²) >= 11 is 0. The van der Waals surface area contributed by atoms with Crippen molar-refractivity contribution in [3.8, 4) is 0 Å². The van der Waals surface area contributed by atoms with Gasteiger partial charge in [-0.3, -0.25) is 14.4 Å². The molecule has 0 aromatic rings. The molecule has 0 saturated heterocycles. The van der Waals surface area contributed by atoms with Gasteiger partial charge < -0.3 is 15.2 Å². The Kier molecular flexibility index (Phi) is 34.9. The third-order valence-electron chi connectivity index (χ3n) is 7.42. The van der Waals surface area contributed by atoms with E-state index >= 15 is 0 Å². The van der Waals surface area contributed by atoms with Crippen molar-refractivity contribution in [3.63, 3.8) is 0 Å². The molecule has 0 aliphatic carbocycles. The number of hydrogen-bond acceptors (Lipinski definition) is 4. The maximum absolute atomic E-state index is 12.6. The molecule has 278 valence electrons. The number of carboxylic acid groups (broad SMARTS) is 1. The van der Waals surface area contributed by atoms with Crippen molar-refractivity contribution in [2.24, 2.45) is 0 Å². The highest BCUT2D eigenvalue weighted by Crippen LogP contribution is 2.14. The zero-order valence-corrected chi connectivity index (χ0v) is 31.2. The molecular weight excluding hydrogens is 622 g/mol. The van der Waals surface area contributed by atoms with Crippen molar-refractivity contribution in [2.75, 3.05) is 6.54 Å². The molecular formula is C44H67NO5. The van der Waals surface area contributed by atoms with E-state index in [1.807, 2.05) is 6.08 Å². The molecule has 1 atom stereocenters. The third kappa shape index (κ3) is 36.9. The van der Waals surface area contributed by atoms with Gasteiger partial charge in [0.05, 0.1) is 0 Å². The maximum atomic E-state index is 12.6. The van der Waals surface area contributed by atoms with E-state index in [2.05, 4.69) is 122 Å². The van der Waals surface area contributed by atoms with E-state index in [1.54, 1.807) is 0 Å². The van der Waals surface area contributed by atoms with Gasteiger partial charge in [-0.15, -0.1) is 0 Å². The lowest BCUT2D eigenvalue weighted by Crippen LogP contribution is -2.28. The summed E-state index contributed by atoms with van der Waals surface area (Å²) < 4.78 is 5.86. The van der Waals surface area contributed by atoms with Crippen LogP contribution in [-0.4, -0.2) is 35.6 Å². The molecule has 0 aliphatic heterocycles. The van der Waals surface area contributed by atoms with Crippen LogP contribution < -0.4 is 5.32 Å². The van der Waals surface area contributed by atoms with Crippen molar-refractivity contribution in [3.05, 3.63) is 109 Å². The Labute approximate surface area is 304 Å². The van der Waals surface area contributed by atoms with Gasteiger partial charge >= 0.3 is 11.9 Å². The molecule has 0 fully saturated rings. The fraction of sp³-hybridized carbons (Fsp3) is 0.523. The SMILES string of the molecule is CC/C=C\C/C=C\C/C=C\C/C=C\C/C=C\CCCC(=O)OC(/C=C\C/C=C\C/C=C\C/C=C\CC)CCCCCCCC(=O)NCC(=O)O. The van der Waals surface area contributed by atoms with Crippen molar-refractivity contribution in [2.45, 2.75) is 142 Å².